The van der Waals surface area contributed by atoms with Gasteiger partial charge in [-0.25, -0.2) is 0 Å². The van der Waals surface area contributed by atoms with Crippen molar-refractivity contribution in [3.63, 3.8) is 0 Å². The minimum atomic E-state index is -2.85. The van der Waals surface area contributed by atoms with Crippen LogP contribution in [0, 0.1) is 10.8 Å². The van der Waals surface area contributed by atoms with Crippen LogP contribution in [-0.2, 0) is 16.5 Å². The molecule has 0 rings (SSSR count). The SMILES string of the molecule is [Ni+2].[O-][Cl+2]([O-])[O-]. The van der Waals surface area contributed by atoms with Crippen LogP contribution >= 0.6 is 0 Å². The second-order valence-electron chi connectivity index (χ2n) is 0.189. The molecule has 0 aliphatic carbocycles. The van der Waals surface area contributed by atoms with Gasteiger partial charge in [0.05, 0.1) is 10.8 Å². The van der Waals surface area contributed by atoms with Gasteiger partial charge in [-0.15, -0.1) is 0 Å². The predicted molar refractivity (Wildman–Crippen MR) is 0 cm³/mol. The van der Waals surface area contributed by atoms with Crippen molar-refractivity contribution in [3.8, 4) is 0 Å². The summed E-state index contributed by atoms with van der Waals surface area (Å²) in [5.74, 6) is 0. The van der Waals surface area contributed by atoms with Crippen LogP contribution in [-0.4, -0.2) is 0 Å². The van der Waals surface area contributed by atoms with Crippen molar-refractivity contribution in [1.29, 1.82) is 0 Å². The van der Waals surface area contributed by atoms with Gasteiger partial charge in [-0.05, 0) is 0 Å². The molecule has 0 aliphatic rings. The van der Waals surface area contributed by atoms with Crippen molar-refractivity contribution >= 4 is 0 Å². The van der Waals surface area contributed by atoms with E-state index in [0.717, 1.165) is 0 Å². The Morgan fingerprint density at radius 3 is 1.00 bits per heavy atom. The van der Waals surface area contributed by atoms with Crippen LogP contribution in [0.3, 0.4) is 0 Å². The first-order chi connectivity index (χ1) is 1.73. The molecule has 34 valence electrons. The fraction of sp³-hybridized carbons (Fsp3) is 0. The summed E-state index contributed by atoms with van der Waals surface area (Å²) in [5.41, 5.74) is 0. The molecule has 0 atom stereocenters. The first kappa shape index (κ1) is 9.18. The molecule has 0 fully saturated rings. The summed E-state index contributed by atoms with van der Waals surface area (Å²) in [6, 6.07) is 0. The van der Waals surface area contributed by atoms with E-state index in [4.69, 9.17) is 14.0 Å². The summed E-state index contributed by atoms with van der Waals surface area (Å²) in [4.78, 5) is 0. The molecule has 0 unspecified atom stereocenters. The molecule has 0 saturated heterocycles. The molecule has 0 spiro atoms. The molecule has 0 radical (unpaired) electrons. The summed E-state index contributed by atoms with van der Waals surface area (Å²) in [7, 11) is -2.85. The van der Waals surface area contributed by atoms with Gasteiger partial charge in [0.15, 0.2) is 0 Å². The molecule has 0 heterocycles. The van der Waals surface area contributed by atoms with Crippen LogP contribution in [0.4, 0.5) is 0 Å². The largest absolute Gasteiger partial charge is 2.00 e. The van der Waals surface area contributed by atoms with E-state index < -0.39 is 10.8 Å². The molecule has 0 aromatic carbocycles. The Balaban J connectivity index is 0. The zero-order valence-corrected chi connectivity index (χ0v) is 3.66. The molecule has 0 saturated carbocycles. The van der Waals surface area contributed by atoms with Crippen LogP contribution in [0.1, 0.15) is 0 Å². The molecule has 0 amide bonds. The van der Waals surface area contributed by atoms with Gasteiger partial charge in [0.25, 0.3) is 0 Å². The van der Waals surface area contributed by atoms with Crippen LogP contribution in [0.15, 0.2) is 0 Å². The molecule has 0 aromatic heterocycles. The average Bonchev–Trinajstić information content (AvgIpc) is 0.811. The number of halogens is 1. The number of hydrogen-bond acceptors (Lipinski definition) is 3. The van der Waals surface area contributed by atoms with Gasteiger partial charge in [-0.1, -0.05) is 0 Å². The fourth-order valence-electron chi connectivity index (χ4n) is 0. The third-order valence-electron chi connectivity index (χ3n) is 0. The second kappa shape index (κ2) is 4.66. The number of hydrogen-bond donors (Lipinski definition) is 0. The Morgan fingerprint density at radius 2 is 1.00 bits per heavy atom. The van der Waals surface area contributed by atoms with Gasteiger partial charge in [0.2, 0.25) is 0 Å². The van der Waals surface area contributed by atoms with E-state index in [0.29, 0.717) is 0 Å². The Labute approximate surface area is 41.9 Å². The summed E-state index contributed by atoms with van der Waals surface area (Å²) in [6.45, 7) is 0. The monoisotopic (exact) mass is 141 g/mol. The summed E-state index contributed by atoms with van der Waals surface area (Å²) in [6.07, 6.45) is 0. The van der Waals surface area contributed by atoms with E-state index in [1.54, 1.807) is 0 Å². The van der Waals surface area contributed by atoms with E-state index in [2.05, 4.69) is 0 Å². The smallest absolute Gasteiger partial charge is 0.357 e. The summed E-state index contributed by atoms with van der Waals surface area (Å²) < 4.78 is 25.2. The molecule has 5 heavy (non-hydrogen) atoms. The minimum Gasteiger partial charge on any atom is -0.357 e. The quantitative estimate of drug-likeness (QED) is 0.328. The Morgan fingerprint density at radius 1 is 1.00 bits per heavy atom. The minimum absolute atomic E-state index is 0. The van der Waals surface area contributed by atoms with E-state index in [9.17, 15) is 0 Å². The normalized spacial score (nSPS) is 7.20. The Kier molecular flexibility index (Phi) is 8.56. The standard InChI is InChI=1S/ClO3.Ni/c2-1(3)4;/q-1;+2. The van der Waals surface area contributed by atoms with E-state index in [-0.39, 0.29) is 16.5 Å². The maximum Gasteiger partial charge on any atom is 2.00 e. The van der Waals surface area contributed by atoms with Crippen molar-refractivity contribution in [2.45, 2.75) is 0 Å². The van der Waals surface area contributed by atoms with Crippen LogP contribution in [0.25, 0.3) is 0 Å². The maximum absolute atomic E-state index is 8.41. The molecule has 5 heteroatoms. The third kappa shape index (κ3) is 75.2. The van der Waals surface area contributed by atoms with Gasteiger partial charge in [-0.3, -0.25) is 0 Å². The zero-order chi connectivity index (χ0) is 3.58. The van der Waals surface area contributed by atoms with Crippen molar-refractivity contribution in [1.82, 2.24) is 0 Å². The molecular formula is ClNiO3+. The van der Waals surface area contributed by atoms with E-state index in [1.807, 2.05) is 0 Å². The summed E-state index contributed by atoms with van der Waals surface area (Å²) >= 11 is 0. The average molecular weight is 142 g/mol. The van der Waals surface area contributed by atoms with Crippen molar-refractivity contribution < 1.29 is 41.3 Å². The van der Waals surface area contributed by atoms with Gasteiger partial charge in [0, 0.05) is 0 Å². The van der Waals surface area contributed by atoms with Crippen molar-refractivity contribution in [2.24, 2.45) is 0 Å². The van der Waals surface area contributed by atoms with Gasteiger partial charge in [0.1, 0.15) is 0 Å². The van der Waals surface area contributed by atoms with Crippen LogP contribution < -0.4 is 14.0 Å². The summed E-state index contributed by atoms with van der Waals surface area (Å²) in [5, 5.41) is 0. The van der Waals surface area contributed by atoms with Crippen LogP contribution in [0.2, 0.25) is 0 Å². The zero-order valence-electron chi connectivity index (χ0n) is 1.92. The first-order valence-electron chi connectivity index (χ1n) is 0.463. The van der Waals surface area contributed by atoms with Gasteiger partial charge < -0.3 is 14.0 Å². The van der Waals surface area contributed by atoms with Gasteiger partial charge in [-0.2, -0.15) is 0 Å². The van der Waals surface area contributed by atoms with Gasteiger partial charge >= 0.3 is 16.5 Å². The first-order valence-corrected chi connectivity index (χ1v) is 1.39. The van der Waals surface area contributed by atoms with E-state index >= 15 is 0 Å². The molecule has 0 aliphatic heterocycles. The second-order valence-corrected chi connectivity index (χ2v) is 0.567. The number of rotatable bonds is 0. The van der Waals surface area contributed by atoms with Crippen LogP contribution in [0.5, 0.6) is 0 Å². The molecule has 0 N–H and O–H groups in total. The van der Waals surface area contributed by atoms with Crippen molar-refractivity contribution in [2.75, 3.05) is 0 Å². The Hall–Kier alpha value is 0.664. The topological polar surface area (TPSA) is 69.2 Å². The molecule has 0 bridgehead atoms. The molecule has 3 nitrogen and oxygen atoms in total. The Bertz CT molecular complexity index is 11.6. The molecule has 0 aromatic rings. The third-order valence-corrected chi connectivity index (χ3v) is 0. The maximum atomic E-state index is 8.41. The fourth-order valence-corrected chi connectivity index (χ4v) is 0. The van der Waals surface area contributed by atoms with E-state index in [1.165, 1.54) is 0 Å². The van der Waals surface area contributed by atoms with Crippen molar-refractivity contribution in [3.05, 3.63) is 0 Å². The molecular weight excluding hydrogens is 142 g/mol. The predicted octanol–water partition coefficient (Wildman–Crippen LogP) is -3.57.